The number of amides is 1. The SMILES string of the molecule is CCCC[C@H]1C=CCN1C(=O)c1cnn(Cc2ccccc2)c1. The molecule has 0 aliphatic carbocycles. The van der Waals surface area contributed by atoms with E-state index in [9.17, 15) is 4.79 Å². The summed E-state index contributed by atoms with van der Waals surface area (Å²) in [5, 5.41) is 4.34. The van der Waals surface area contributed by atoms with Crippen LogP contribution in [0, 0.1) is 0 Å². The minimum absolute atomic E-state index is 0.0791. The van der Waals surface area contributed by atoms with Gasteiger partial charge in [-0.1, -0.05) is 62.2 Å². The lowest BCUT2D eigenvalue weighted by Crippen LogP contribution is -2.35. The van der Waals surface area contributed by atoms with Gasteiger partial charge in [0.1, 0.15) is 0 Å². The standard InChI is InChI=1S/C19H23N3O/c1-2-3-10-18-11-7-12-22(18)19(23)17-13-20-21(15-17)14-16-8-5-4-6-9-16/h4-9,11,13,15,18H,2-3,10,12,14H2,1H3/t18-/m0/s1. The largest absolute Gasteiger partial charge is 0.328 e. The van der Waals surface area contributed by atoms with Crippen molar-refractivity contribution in [3.8, 4) is 0 Å². The molecule has 2 heterocycles. The van der Waals surface area contributed by atoms with E-state index in [1.165, 1.54) is 5.56 Å². The summed E-state index contributed by atoms with van der Waals surface area (Å²) in [6.45, 7) is 3.57. The number of hydrogen-bond donors (Lipinski definition) is 0. The van der Waals surface area contributed by atoms with E-state index >= 15 is 0 Å². The average molecular weight is 309 g/mol. The molecule has 1 amide bonds. The maximum absolute atomic E-state index is 12.7. The lowest BCUT2D eigenvalue weighted by Gasteiger charge is -2.24. The van der Waals surface area contributed by atoms with Crippen LogP contribution in [-0.4, -0.2) is 33.2 Å². The summed E-state index contributed by atoms with van der Waals surface area (Å²) in [6, 6.07) is 10.4. The summed E-state index contributed by atoms with van der Waals surface area (Å²) >= 11 is 0. The molecule has 1 aromatic heterocycles. The maximum Gasteiger partial charge on any atom is 0.257 e. The number of carbonyl (C=O) groups is 1. The van der Waals surface area contributed by atoms with Crippen LogP contribution in [0.25, 0.3) is 0 Å². The Kier molecular flexibility index (Phi) is 4.91. The molecule has 0 fully saturated rings. The molecule has 0 spiro atoms. The second kappa shape index (κ2) is 7.27. The van der Waals surface area contributed by atoms with E-state index in [0.29, 0.717) is 18.7 Å². The van der Waals surface area contributed by atoms with Crippen molar-refractivity contribution in [1.29, 1.82) is 0 Å². The van der Waals surface area contributed by atoms with Crippen LogP contribution in [0.3, 0.4) is 0 Å². The minimum Gasteiger partial charge on any atom is -0.328 e. The zero-order valence-corrected chi connectivity index (χ0v) is 13.6. The molecular weight excluding hydrogens is 286 g/mol. The Labute approximate surface area is 137 Å². The normalized spacial score (nSPS) is 16.9. The first-order valence-corrected chi connectivity index (χ1v) is 8.32. The predicted molar refractivity (Wildman–Crippen MR) is 91.3 cm³/mol. The van der Waals surface area contributed by atoms with E-state index in [0.717, 1.165) is 19.3 Å². The van der Waals surface area contributed by atoms with Gasteiger partial charge < -0.3 is 4.90 Å². The highest BCUT2D eigenvalue weighted by Crippen LogP contribution is 2.19. The van der Waals surface area contributed by atoms with Crippen LogP contribution < -0.4 is 0 Å². The lowest BCUT2D eigenvalue weighted by molar-refractivity contribution is 0.0743. The third kappa shape index (κ3) is 3.70. The van der Waals surface area contributed by atoms with Gasteiger partial charge in [0.25, 0.3) is 5.91 Å². The van der Waals surface area contributed by atoms with Crippen LogP contribution in [0.2, 0.25) is 0 Å². The Hall–Kier alpha value is -2.36. The summed E-state index contributed by atoms with van der Waals surface area (Å²) in [5.74, 6) is 0.0791. The molecule has 120 valence electrons. The number of aromatic nitrogens is 2. The molecule has 3 rings (SSSR count). The predicted octanol–water partition coefficient (Wildman–Crippen LogP) is 3.50. The fourth-order valence-corrected chi connectivity index (χ4v) is 2.97. The fourth-order valence-electron chi connectivity index (χ4n) is 2.97. The zero-order valence-electron chi connectivity index (χ0n) is 13.6. The molecule has 0 unspecified atom stereocenters. The fraction of sp³-hybridized carbons (Fsp3) is 0.368. The van der Waals surface area contributed by atoms with E-state index in [1.807, 2.05) is 34.0 Å². The first-order valence-electron chi connectivity index (χ1n) is 8.32. The third-order valence-electron chi connectivity index (χ3n) is 4.24. The van der Waals surface area contributed by atoms with Gasteiger partial charge in [-0.3, -0.25) is 9.48 Å². The van der Waals surface area contributed by atoms with Crippen LogP contribution in [0.1, 0.15) is 42.1 Å². The minimum atomic E-state index is 0.0791. The first-order chi connectivity index (χ1) is 11.3. The van der Waals surface area contributed by atoms with Crippen molar-refractivity contribution in [1.82, 2.24) is 14.7 Å². The molecule has 23 heavy (non-hydrogen) atoms. The molecule has 0 N–H and O–H groups in total. The Morgan fingerprint density at radius 2 is 2.13 bits per heavy atom. The van der Waals surface area contributed by atoms with Gasteiger partial charge in [-0.15, -0.1) is 0 Å². The Bertz CT molecular complexity index is 675. The molecule has 1 aliphatic rings. The Morgan fingerprint density at radius 1 is 1.30 bits per heavy atom. The van der Waals surface area contributed by atoms with Crippen LogP contribution in [0.5, 0.6) is 0 Å². The van der Waals surface area contributed by atoms with E-state index in [1.54, 1.807) is 6.20 Å². The summed E-state index contributed by atoms with van der Waals surface area (Å²) in [4.78, 5) is 14.7. The van der Waals surface area contributed by atoms with Gasteiger partial charge in [0, 0.05) is 12.7 Å². The topological polar surface area (TPSA) is 38.1 Å². The van der Waals surface area contributed by atoms with E-state index in [2.05, 4.69) is 36.3 Å². The van der Waals surface area contributed by atoms with Crippen molar-refractivity contribution in [2.24, 2.45) is 0 Å². The molecular formula is C19H23N3O. The maximum atomic E-state index is 12.7. The number of unbranched alkanes of at least 4 members (excludes halogenated alkanes) is 1. The summed E-state index contributed by atoms with van der Waals surface area (Å²) in [7, 11) is 0. The van der Waals surface area contributed by atoms with E-state index in [-0.39, 0.29) is 11.9 Å². The first kappa shape index (κ1) is 15.5. The van der Waals surface area contributed by atoms with Crippen LogP contribution in [0.15, 0.2) is 54.9 Å². The summed E-state index contributed by atoms with van der Waals surface area (Å²) in [5.41, 5.74) is 1.85. The summed E-state index contributed by atoms with van der Waals surface area (Å²) < 4.78 is 1.83. The van der Waals surface area contributed by atoms with Gasteiger partial charge in [-0.2, -0.15) is 5.10 Å². The quantitative estimate of drug-likeness (QED) is 0.766. The molecule has 2 aromatic rings. The molecule has 1 atom stereocenters. The molecule has 0 saturated heterocycles. The van der Waals surface area contributed by atoms with Crippen LogP contribution in [0.4, 0.5) is 0 Å². The highest BCUT2D eigenvalue weighted by Gasteiger charge is 2.25. The summed E-state index contributed by atoms with van der Waals surface area (Å²) in [6.07, 6.45) is 11.1. The van der Waals surface area contributed by atoms with E-state index in [4.69, 9.17) is 0 Å². The second-order valence-corrected chi connectivity index (χ2v) is 6.01. The number of benzene rings is 1. The van der Waals surface area contributed by atoms with Gasteiger partial charge in [-0.25, -0.2) is 0 Å². The average Bonchev–Trinajstić information content (AvgIpc) is 3.22. The molecule has 0 saturated carbocycles. The van der Waals surface area contributed by atoms with Gasteiger partial charge in [-0.05, 0) is 12.0 Å². The Morgan fingerprint density at radius 3 is 2.91 bits per heavy atom. The van der Waals surface area contributed by atoms with Gasteiger partial charge in [0.15, 0.2) is 0 Å². The van der Waals surface area contributed by atoms with Crippen LogP contribution >= 0.6 is 0 Å². The highest BCUT2D eigenvalue weighted by atomic mass is 16.2. The molecule has 0 radical (unpaired) electrons. The van der Waals surface area contributed by atoms with E-state index < -0.39 is 0 Å². The van der Waals surface area contributed by atoms with Crippen molar-refractivity contribution in [3.63, 3.8) is 0 Å². The smallest absolute Gasteiger partial charge is 0.257 e. The molecule has 1 aromatic carbocycles. The van der Waals surface area contributed by atoms with Crippen LogP contribution in [-0.2, 0) is 6.54 Å². The molecule has 4 nitrogen and oxygen atoms in total. The van der Waals surface area contributed by atoms with Crippen molar-refractivity contribution < 1.29 is 4.79 Å². The number of nitrogens with zero attached hydrogens (tertiary/aromatic N) is 3. The second-order valence-electron chi connectivity index (χ2n) is 6.01. The Balaban J connectivity index is 1.66. The van der Waals surface area contributed by atoms with Crippen molar-refractivity contribution in [3.05, 3.63) is 66.0 Å². The van der Waals surface area contributed by atoms with Gasteiger partial charge in [0.2, 0.25) is 0 Å². The number of carbonyl (C=O) groups excluding carboxylic acids is 1. The third-order valence-corrected chi connectivity index (χ3v) is 4.24. The zero-order chi connectivity index (χ0) is 16.1. The number of rotatable bonds is 6. The van der Waals surface area contributed by atoms with Crippen molar-refractivity contribution >= 4 is 5.91 Å². The molecule has 1 aliphatic heterocycles. The molecule has 4 heteroatoms. The van der Waals surface area contributed by atoms with Gasteiger partial charge >= 0.3 is 0 Å². The van der Waals surface area contributed by atoms with Crippen molar-refractivity contribution in [2.75, 3.05) is 6.54 Å². The lowest BCUT2D eigenvalue weighted by atomic mass is 10.1. The van der Waals surface area contributed by atoms with Crippen molar-refractivity contribution in [2.45, 2.75) is 38.8 Å². The number of hydrogen-bond acceptors (Lipinski definition) is 2. The monoisotopic (exact) mass is 309 g/mol. The molecule has 0 bridgehead atoms. The highest BCUT2D eigenvalue weighted by molar-refractivity contribution is 5.94. The van der Waals surface area contributed by atoms with Gasteiger partial charge in [0.05, 0.1) is 24.3 Å².